The van der Waals surface area contributed by atoms with Crippen molar-refractivity contribution in [3.63, 3.8) is 0 Å². The Balaban J connectivity index is 1.65. The lowest BCUT2D eigenvalue weighted by Crippen LogP contribution is -2.47. The minimum Gasteiger partial charge on any atom is -0.477 e. The van der Waals surface area contributed by atoms with Gasteiger partial charge in [-0.15, -0.1) is 0 Å². The van der Waals surface area contributed by atoms with Crippen LogP contribution < -0.4 is 10.3 Å². The molecule has 7 nitrogen and oxygen atoms in total. The Hall–Kier alpha value is -2.61. The maximum Gasteiger partial charge on any atom is 0.341 e. The summed E-state index contributed by atoms with van der Waals surface area (Å²) >= 11 is 6.73. The predicted octanol–water partition coefficient (Wildman–Crippen LogP) is 3.27. The van der Waals surface area contributed by atoms with E-state index in [4.69, 9.17) is 11.6 Å². The van der Waals surface area contributed by atoms with Crippen molar-refractivity contribution < 1.29 is 19.1 Å². The van der Waals surface area contributed by atoms with Gasteiger partial charge in [0, 0.05) is 38.8 Å². The molecule has 2 atom stereocenters. The number of carboxylic acids is 1. The lowest BCUT2D eigenvalue weighted by atomic mass is 9.92. The normalized spacial score (nSPS) is 23.3. The lowest BCUT2D eigenvalue weighted by molar-refractivity contribution is -0.132. The Morgan fingerprint density at radius 2 is 1.97 bits per heavy atom. The van der Waals surface area contributed by atoms with Crippen LogP contribution >= 0.6 is 11.6 Å². The topological polar surface area (TPSA) is 82.8 Å². The fourth-order valence-electron chi connectivity index (χ4n) is 5.27. The molecule has 1 amide bonds. The molecule has 2 saturated heterocycles. The van der Waals surface area contributed by atoms with Crippen molar-refractivity contribution >= 4 is 40.1 Å². The Labute approximate surface area is 183 Å². The molecule has 3 fully saturated rings. The number of hydrogen-bond donors (Lipinski definition) is 1. The Morgan fingerprint density at radius 3 is 2.61 bits per heavy atom. The smallest absolute Gasteiger partial charge is 0.341 e. The highest BCUT2D eigenvalue weighted by atomic mass is 35.5. The van der Waals surface area contributed by atoms with Crippen molar-refractivity contribution in [2.45, 2.75) is 44.7 Å². The van der Waals surface area contributed by atoms with E-state index in [1.807, 2.05) is 9.80 Å². The second-order valence-corrected chi connectivity index (χ2v) is 9.20. The monoisotopic (exact) mass is 447 g/mol. The van der Waals surface area contributed by atoms with Gasteiger partial charge < -0.3 is 19.5 Å². The SMILES string of the molecule is CC(=O)N1CCC[C@H]2CN(c3c(F)cc4c(=O)c(C(=O)O)cn(C5CC5)c4c3Cl)C[C@H]21. The van der Waals surface area contributed by atoms with Crippen molar-refractivity contribution in [3.8, 4) is 0 Å². The third kappa shape index (κ3) is 3.19. The standard InChI is InChI=1S/C22H23ClFN3O4/c1-11(28)26-6-2-3-12-8-25(10-17(12)26)20-16(24)7-14-19(18(20)23)27(13-4-5-13)9-15(21(14)29)22(30)31/h7,9,12-13,17H,2-6,8,10H2,1H3,(H,30,31)/t12-,17+/m0/s1. The molecule has 0 spiro atoms. The quantitative estimate of drug-likeness (QED) is 0.780. The largest absolute Gasteiger partial charge is 0.477 e. The number of likely N-dealkylation sites (tertiary alicyclic amines) is 1. The van der Waals surface area contributed by atoms with Gasteiger partial charge in [0.2, 0.25) is 11.3 Å². The highest BCUT2D eigenvalue weighted by Gasteiger charge is 2.42. The summed E-state index contributed by atoms with van der Waals surface area (Å²) in [6.45, 7) is 3.32. The number of nitrogens with zero attached hydrogens (tertiary/aromatic N) is 3. The Kier molecular flexibility index (Phi) is 4.73. The van der Waals surface area contributed by atoms with Crippen LogP contribution in [-0.2, 0) is 4.79 Å². The van der Waals surface area contributed by atoms with E-state index >= 15 is 4.39 Å². The van der Waals surface area contributed by atoms with E-state index in [-0.39, 0.29) is 45.6 Å². The van der Waals surface area contributed by atoms with Gasteiger partial charge in [-0.25, -0.2) is 9.18 Å². The molecule has 0 radical (unpaired) electrons. The number of pyridine rings is 1. The zero-order valence-electron chi connectivity index (χ0n) is 17.1. The van der Waals surface area contributed by atoms with Crippen LogP contribution in [0.3, 0.4) is 0 Å². The van der Waals surface area contributed by atoms with E-state index in [0.29, 0.717) is 25.2 Å². The van der Waals surface area contributed by atoms with Gasteiger partial charge in [0.15, 0.2) is 0 Å². The number of anilines is 1. The zero-order chi connectivity index (χ0) is 22.0. The molecular weight excluding hydrogens is 425 g/mol. The molecule has 31 heavy (non-hydrogen) atoms. The van der Waals surface area contributed by atoms with Crippen LogP contribution in [0.4, 0.5) is 10.1 Å². The van der Waals surface area contributed by atoms with Crippen molar-refractivity contribution in [1.82, 2.24) is 9.47 Å². The predicted molar refractivity (Wildman–Crippen MR) is 115 cm³/mol. The molecule has 9 heteroatoms. The van der Waals surface area contributed by atoms with Crippen molar-refractivity contribution in [2.75, 3.05) is 24.5 Å². The summed E-state index contributed by atoms with van der Waals surface area (Å²) in [6, 6.07) is 1.18. The van der Waals surface area contributed by atoms with E-state index in [0.717, 1.165) is 31.7 Å². The first kappa shape index (κ1) is 20.3. The number of hydrogen-bond acceptors (Lipinski definition) is 4. The van der Waals surface area contributed by atoms with Gasteiger partial charge in [0.05, 0.1) is 27.7 Å². The molecule has 1 aromatic carbocycles. The number of piperidine rings is 1. The molecule has 164 valence electrons. The van der Waals surface area contributed by atoms with Crippen molar-refractivity contribution in [3.05, 3.63) is 38.9 Å². The van der Waals surface area contributed by atoms with Gasteiger partial charge in [-0.2, -0.15) is 0 Å². The fraction of sp³-hybridized carbons (Fsp3) is 0.500. The molecule has 1 aromatic heterocycles. The average molecular weight is 448 g/mol. The molecule has 1 N–H and O–H groups in total. The first-order chi connectivity index (χ1) is 14.8. The van der Waals surface area contributed by atoms with E-state index in [9.17, 15) is 19.5 Å². The summed E-state index contributed by atoms with van der Waals surface area (Å²) in [5.74, 6) is -1.73. The molecule has 5 rings (SSSR count). The molecule has 2 aromatic rings. The number of aromatic nitrogens is 1. The minimum absolute atomic E-state index is 0.0115. The number of fused-ring (bicyclic) bond motifs is 2. The maximum absolute atomic E-state index is 15.3. The number of amides is 1. The number of halogens is 2. The molecule has 3 heterocycles. The molecular formula is C22H23ClFN3O4. The summed E-state index contributed by atoms with van der Waals surface area (Å²) in [6.07, 6.45) is 4.91. The van der Waals surface area contributed by atoms with Crippen molar-refractivity contribution in [1.29, 1.82) is 0 Å². The summed E-state index contributed by atoms with van der Waals surface area (Å²) in [5, 5.41) is 9.54. The average Bonchev–Trinajstić information content (AvgIpc) is 3.46. The van der Waals surface area contributed by atoms with E-state index in [2.05, 4.69) is 0 Å². The van der Waals surface area contributed by atoms with E-state index < -0.39 is 17.2 Å². The molecule has 1 aliphatic carbocycles. The highest BCUT2D eigenvalue weighted by molar-refractivity contribution is 6.38. The van der Waals surface area contributed by atoms with Gasteiger partial charge in [-0.05, 0) is 37.7 Å². The zero-order valence-corrected chi connectivity index (χ0v) is 17.9. The first-order valence-corrected chi connectivity index (χ1v) is 11.0. The summed E-state index contributed by atoms with van der Waals surface area (Å²) in [4.78, 5) is 40.1. The molecule has 0 bridgehead atoms. The van der Waals surface area contributed by atoms with Crippen LogP contribution in [0.2, 0.25) is 5.02 Å². The van der Waals surface area contributed by atoms with Crippen LogP contribution in [0.1, 0.15) is 49.0 Å². The summed E-state index contributed by atoms with van der Waals surface area (Å²) in [7, 11) is 0. The van der Waals surface area contributed by atoms with Gasteiger partial charge in [0.1, 0.15) is 11.4 Å². The fourth-order valence-corrected chi connectivity index (χ4v) is 5.68. The number of benzene rings is 1. The number of carbonyl (C=O) groups is 2. The molecule has 1 saturated carbocycles. The third-order valence-corrected chi connectivity index (χ3v) is 7.21. The van der Waals surface area contributed by atoms with Crippen LogP contribution in [-0.4, -0.2) is 52.1 Å². The molecule has 3 aliphatic rings. The van der Waals surface area contributed by atoms with E-state index in [1.54, 1.807) is 11.5 Å². The lowest BCUT2D eigenvalue weighted by Gasteiger charge is -2.36. The first-order valence-electron chi connectivity index (χ1n) is 10.6. The number of rotatable bonds is 3. The number of aromatic carboxylic acids is 1. The minimum atomic E-state index is -1.34. The van der Waals surface area contributed by atoms with Gasteiger partial charge in [-0.3, -0.25) is 9.59 Å². The van der Waals surface area contributed by atoms with Crippen LogP contribution in [0.5, 0.6) is 0 Å². The second-order valence-electron chi connectivity index (χ2n) is 8.82. The number of carbonyl (C=O) groups excluding carboxylic acids is 1. The highest BCUT2D eigenvalue weighted by Crippen LogP contribution is 2.44. The van der Waals surface area contributed by atoms with Crippen LogP contribution in [0.15, 0.2) is 17.1 Å². The number of carboxylic acid groups (broad SMARTS) is 1. The van der Waals surface area contributed by atoms with Crippen LogP contribution in [0.25, 0.3) is 10.9 Å². The van der Waals surface area contributed by atoms with Gasteiger partial charge in [0.25, 0.3) is 0 Å². The Morgan fingerprint density at radius 1 is 1.23 bits per heavy atom. The van der Waals surface area contributed by atoms with Crippen molar-refractivity contribution in [2.24, 2.45) is 5.92 Å². The molecule has 0 unspecified atom stereocenters. The van der Waals surface area contributed by atoms with Gasteiger partial charge in [-0.1, -0.05) is 11.6 Å². The van der Waals surface area contributed by atoms with Gasteiger partial charge >= 0.3 is 5.97 Å². The second kappa shape index (κ2) is 7.22. The molecule has 2 aliphatic heterocycles. The third-order valence-electron chi connectivity index (χ3n) is 6.86. The van der Waals surface area contributed by atoms with E-state index in [1.165, 1.54) is 6.20 Å². The Bertz CT molecular complexity index is 1180. The summed E-state index contributed by atoms with van der Waals surface area (Å²) in [5.41, 5.74) is -0.505. The van der Waals surface area contributed by atoms with Crippen LogP contribution in [0, 0.1) is 11.7 Å². The maximum atomic E-state index is 15.3. The summed E-state index contributed by atoms with van der Waals surface area (Å²) < 4.78 is 17.0.